The van der Waals surface area contributed by atoms with Crippen LogP contribution < -0.4 is 0 Å². The van der Waals surface area contributed by atoms with Crippen LogP contribution in [0.25, 0.3) is 10.9 Å². The Labute approximate surface area is 92.5 Å². The molecule has 0 saturated heterocycles. The SMILES string of the molecule is CC(O)(Cc1ccc2cc[nH]c2c1)C(=O)O. The molecular formula is C12H13NO3. The molecule has 1 aromatic carbocycles. The first-order valence-electron chi connectivity index (χ1n) is 5.01. The number of hydrogen-bond donors (Lipinski definition) is 3. The van der Waals surface area contributed by atoms with Crippen molar-refractivity contribution in [2.24, 2.45) is 0 Å². The normalized spacial score (nSPS) is 14.9. The Hall–Kier alpha value is -1.81. The molecule has 0 aliphatic heterocycles. The first-order chi connectivity index (χ1) is 7.49. The predicted octanol–water partition coefficient (Wildman–Crippen LogP) is 1.55. The molecule has 0 radical (unpaired) electrons. The van der Waals surface area contributed by atoms with E-state index >= 15 is 0 Å². The molecule has 4 nitrogen and oxygen atoms in total. The molecule has 16 heavy (non-hydrogen) atoms. The number of carbonyl (C=O) groups is 1. The highest BCUT2D eigenvalue weighted by atomic mass is 16.4. The van der Waals surface area contributed by atoms with Gasteiger partial charge in [0, 0.05) is 18.1 Å². The van der Waals surface area contributed by atoms with E-state index in [0.717, 1.165) is 16.5 Å². The molecule has 2 aromatic rings. The maximum absolute atomic E-state index is 10.8. The number of benzene rings is 1. The largest absolute Gasteiger partial charge is 0.479 e. The standard InChI is InChI=1S/C12H13NO3/c1-12(16,11(14)15)7-8-2-3-9-4-5-13-10(9)6-8/h2-6,13,16H,7H2,1H3,(H,14,15). The van der Waals surface area contributed by atoms with Gasteiger partial charge in [0.15, 0.2) is 5.60 Å². The molecule has 0 saturated carbocycles. The number of nitrogens with one attached hydrogen (secondary N) is 1. The van der Waals surface area contributed by atoms with Crippen LogP contribution in [-0.4, -0.2) is 26.8 Å². The lowest BCUT2D eigenvalue weighted by Crippen LogP contribution is -2.37. The number of fused-ring (bicyclic) bond motifs is 1. The summed E-state index contributed by atoms with van der Waals surface area (Å²) in [6.45, 7) is 1.30. The highest BCUT2D eigenvalue weighted by Crippen LogP contribution is 2.18. The fourth-order valence-electron chi connectivity index (χ4n) is 1.68. The molecule has 2 rings (SSSR count). The van der Waals surface area contributed by atoms with Gasteiger partial charge in [0.05, 0.1) is 0 Å². The summed E-state index contributed by atoms with van der Waals surface area (Å²) in [6.07, 6.45) is 1.92. The lowest BCUT2D eigenvalue weighted by atomic mass is 9.96. The van der Waals surface area contributed by atoms with Gasteiger partial charge >= 0.3 is 5.97 Å². The van der Waals surface area contributed by atoms with Gasteiger partial charge in [-0.05, 0) is 30.0 Å². The van der Waals surface area contributed by atoms with Gasteiger partial charge in [-0.15, -0.1) is 0 Å². The number of aromatic amines is 1. The Balaban J connectivity index is 2.30. The second kappa shape index (κ2) is 3.64. The summed E-state index contributed by atoms with van der Waals surface area (Å²) in [7, 11) is 0. The minimum atomic E-state index is -1.72. The third kappa shape index (κ3) is 1.92. The van der Waals surface area contributed by atoms with Crippen LogP contribution in [0.2, 0.25) is 0 Å². The summed E-state index contributed by atoms with van der Waals surface area (Å²) in [5, 5.41) is 19.5. The molecule has 1 unspecified atom stereocenters. The van der Waals surface area contributed by atoms with Crippen LogP contribution in [0, 0.1) is 0 Å². The van der Waals surface area contributed by atoms with E-state index < -0.39 is 11.6 Å². The Kier molecular flexibility index (Phi) is 2.44. The number of aliphatic hydroxyl groups is 1. The zero-order valence-electron chi connectivity index (χ0n) is 8.90. The van der Waals surface area contributed by atoms with Gasteiger partial charge in [0.2, 0.25) is 0 Å². The van der Waals surface area contributed by atoms with Crippen molar-refractivity contribution in [1.29, 1.82) is 0 Å². The van der Waals surface area contributed by atoms with E-state index in [9.17, 15) is 9.90 Å². The third-order valence-electron chi connectivity index (χ3n) is 2.63. The number of carboxylic acids is 1. The van der Waals surface area contributed by atoms with Gasteiger partial charge in [-0.2, -0.15) is 0 Å². The fraction of sp³-hybridized carbons (Fsp3) is 0.250. The van der Waals surface area contributed by atoms with E-state index in [-0.39, 0.29) is 6.42 Å². The highest BCUT2D eigenvalue weighted by molar-refractivity contribution is 5.81. The van der Waals surface area contributed by atoms with E-state index in [1.807, 2.05) is 30.5 Å². The topological polar surface area (TPSA) is 73.3 Å². The van der Waals surface area contributed by atoms with Crippen LogP contribution >= 0.6 is 0 Å². The average molecular weight is 219 g/mol. The summed E-state index contributed by atoms with van der Waals surface area (Å²) in [5.41, 5.74) is 0.0151. The summed E-state index contributed by atoms with van der Waals surface area (Å²) >= 11 is 0. The molecule has 0 amide bonds. The monoisotopic (exact) mass is 219 g/mol. The fourth-order valence-corrected chi connectivity index (χ4v) is 1.68. The van der Waals surface area contributed by atoms with E-state index in [1.165, 1.54) is 6.92 Å². The molecule has 4 heteroatoms. The molecule has 1 atom stereocenters. The van der Waals surface area contributed by atoms with Gasteiger partial charge in [-0.1, -0.05) is 12.1 Å². The molecule has 0 aliphatic carbocycles. The van der Waals surface area contributed by atoms with Crippen molar-refractivity contribution in [3.8, 4) is 0 Å². The summed E-state index contributed by atoms with van der Waals surface area (Å²) < 4.78 is 0. The van der Waals surface area contributed by atoms with Crippen LogP contribution in [0.1, 0.15) is 12.5 Å². The lowest BCUT2D eigenvalue weighted by Gasteiger charge is -2.17. The minimum Gasteiger partial charge on any atom is -0.479 e. The molecule has 1 heterocycles. The highest BCUT2D eigenvalue weighted by Gasteiger charge is 2.29. The predicted molar refractivity (Wildman–Crippen MR) is 60.3 cm³/mol. The van der Waals surface area contributed by atoms with Crippen molar-refractivity contribution in [1.82, 2.24) is 4.98 Å². The van der Waals surface area contributed by atoms with Crippen LogP contribution in [-0.2, 0) is 11.2 Å². The van der Waals surface area contributed by atoms with Gasteiger partial charge in [-0.3, -0.25) is 0 Å². The first-order valence-corrected chi connectivity index (χ1v) is 5.01. The number of carboxylic acid groups (broad SMARTS) is 1. The molecule has 84 valence electrons. The van der Waals surface area contributed by atoms with Crippen molar-refractivity contribution in [3.63, 3.8) is 0 Å². The first kappa shape index (κ1) is 10.7. The van der Waals surface area contributed by atoms with E-state index in [4.69, 9.17) is 5.11 Å². The Bertz CT molecular complexity index is 528. The van der Waals surface area contributed by atoms with Crippen molar-refractivity contribution in [2.45, 2.75) is 18.9 Å². The van der Waals surface area contributed by atoms with Crippen LogP contribution in [0.4, 0.5) is 0 Å². The Morgan fingerprint density at radius 3 is 2.88 bits per heavy atom. The van der Waals surface area contributed by atoms with Crippen molar-refractivity contribution >= 4 is 16.9 Å². The van der Waals surface area contributed by atoms with Gasteiger partial charge in [0.1, 0.15) is 0 Å². The smallest absolute Gasteiger partial charge is 0.335 e. The molecule has 1 aromatic heterocycles. The van der Waals surface area contributed by atoms with Crippen LogP contribution in [0.5, 0.6) is 0 Å². The van der Waals surface area contributed by atoms with Crippen LogP contribution in [0.3, 0.4) is 0 Å². The maximum atomic E-state index is 10.8. The van der Waals surface area contributed by atoms with Gasteiger partial charge in [0.25, 0.3) is 0 Å². The average Bonchev–Trinajstić information content (AvgIpc) is 2.63. The second-order valence-electron chi connectivity index (χ2n) is 4.16. The molecule has 0 spiro atoms. The molecule has 0 aliphatic rings. The maximum Gasteiger partial charge on any atom is 0.335 e. The summed E-state index contributed by atoms with van der Waals surface area (Å²) in [5.74, 6) is -1.21. The van der Waals surface area contributed by atoms with E-state index in [1.54, 1.807) is 0 Å². The van der Waals surface area contributed by atoms with Crippen molar-refractivity contribution in [3.05, 3.63) is 36.0 Å². The minimum absolute atomic E-state index is 0.0945. The van der Waals surface area contributed by atoms with Crippen molar-refractivity contribution in [2.75, 3.05) is 0 Å². The zero-order chi connectivity index (χ0) is 11.8. The zero-order valence-corrected chi connectivity index (χ0v) is 8.90. The quantitative estimate of drug-likeness (QED) is 0.733. The van der Waals surface area contributed by atoms with E-state index in [2.05, 4.69) is 4.98 Å². The second-order valence-corrected chi connectivity index (χ2v) is 4.16. The van der Waals surface area contributed by atoms with E-state index in [0.29, 0.717) is 0 Å². The number of hydrogen-bond acceptors (Lipinski definition) is 2. The Morgan fingerprint density at radius 2 is 2.19 bits per heavy atom. The number of H-pyrrole nitrogens is 1. The van der Waals surface area contributed by atoms with Crippen molar-refractivity contribution < 1.29 is 15.0 Å². The lowest BCUT2D eigenvalue weighted by molar-refractivity contribution is -0.156. The van der Waals surface area contributed by atoms with Crippen LogP contribution in [0.15, 0.2) is 30.5 Å². The number of aromatic nitrogens is 1. The summed E-state index contributed by atoms with van der Waals surface area (Å²) in [4.78, 5) is 13.8. The number of rotatable bonds is 3. The van der Waals surface area contributed by atoms with Gasteiger partial charge < -0.3 is 15.2 Å². The molecule has 0 fully saturated rings. The molecular weight excluding hydrogens is 206 g/mol. The third-order valence-corrected chi connectivity index (χ3v) is 2.63. The molecule has 3 N–H and O–H groups in total. The number of aliphatic carboxylic acids is 1. The molecule has 0 bridgehead atoms. The van der Waals surface area contributed by atoms with Gasteiger partial charge in [-0.25, -0.2) is 4.79 Å². The summed E-state index contributed by atoms with van der Waals surface area (Å²) in [6, 6.07) is 7.52. The Morgan fingerprint density at radius 1 is 1.44 bits per heavy atom.